The molecule has 0 spiro atoms. The van der Waals surface area contributed by atoms with Gasteiger partial charge < -0.3 is 28.4 Å². The van der Waals surface area contributed by atoms with Crippen molar-refractivity contribution in [1.82, 2.24) is 4.90 Å². The quantitative estimate of drug-likeness (QED) is 0.784. The summed E-state index contributed by atoms with van der Waals surface area (Å²) in [5.74, 6) is 2.88. The number of ether oxygens (including phenoxy) is 6. The molecule has 154 valence electrons. The first-order valence-corrected chi connectivity index (χ1v) is 9.72. The molecular formula is C22H25NO6. The van der Waals surface area contributed by atoms with Crippen LogP contribution < -0.4 is 18.9 Å². The summed E-state index contributed by atoms with van der Waals surface area (Å²) in [5, 5.41) is 0. The minimum Gasteiger partial charge on any atom is -0.493 e. The highest BCUT2D eigenvalue weighted by molar-refractivity contribution is 5.56. The summed E-state index contributed by atoms with van der Waals surface area (Å²) in [6.07, 6.45) is 0.130. The third-order valence-corrected chi connectivity index (χ3v) is 6.10. The summed E-state index contributed by atoms with van der Waals surface area (Å²) in [4.78, 5) is 2.33. The van der Waals surface area contributed by atoms with Crippen molar-refractivity contribution in [2.75, 3.05) is 41.7 Å². The normalized spacial score (nSPS) is 24.9. The second-order valence-electron chi connectivity index (χ2n) is 7.51. The van der Waals surface area contributed by atoms with E-state index in [1.165, 1.54) is 5.56 Å². The number of rotatable bonds is 3. The molecule has 0 aliphatic carbocycles. The molecule has 3 aliphatic heterocycles. The van der Waals surface area contributed by atoms with E-state index in [2.05, 4.69) is 24.1 Å². The van der Waals surface area contributed by atoms with Gasteiger partial charge >= 0.3 is 0 Å². The molecule has 3 heterocycles. The minimum atomic E-state index is -0.546. The molecule has 0 N–H and O–H groups in total. The molecule has 0 unspecified atom stereocenters. The number of benzene rings is 2. The average molecular weight is 399 g/mol. The van der Waals surface area contributed by atoms with Crippen LogP contribution in [0.5, 0.6) is 23.0 Å². The van der Waals surface area contributed by atoms with E-state index in [1.807, 2.05) is 12.1 Å². The first kappa shape index (κ1) is 18.5. The van der Waals surface area contributed by atoms with Gasteiger partial charge in [-0.15, -0.1) is 0 Å². The molecule has 7 heteroatoms. The van der Waals surface area contributed by atoms with Crippen LogP contribution in [0.25, 0.3) is 0 Å². The lowest BCUT2D eigenvalue weighted by molar-refractivity contribution is -0.190. The lowest BCUT2D eigenvalue weighted by Crippen LogP contribution is -2.35. The zero-order chi connectivity index (χ0) is 20.1. The predicted molar refractivity (Wildman–Crippen MR) is 105 cm³/mol. The molecule has 0 saturated carbocycles. The molecule has 0 saturated heterocycles. The van der Waals surface area contributed by atoms with Crippen molar-refractivity contribution in [2.24, 2.45) is 0 Å². The number of methoxy groups -OCH3 is 3. The number of hydrogen-bond acceptors (Lipinski definition) is 7. The second-order valence-corrected chi connectivity index (χ2v) is 7.51. The van der Waals surface area contributed by atoms with Gasteiger partial charge in [0, 0.05) is 13.7 Å². The van der Waals surface area contributed by atoms with Crippen LogP contribution >= 0.6 is 0 Å². The average Bonchev–Trinajstić information content (AvgIpc) is 3.19. The number of fused-ring (bicyclic) bond motifs is 7. The Balaban J connectivity index is 1.69. The maximum atomic E-state index is 6.55. The topological polar surface area (TPSA) is 58.6 Å². The van der Waals surface area contributed by atoms with Gasteiger partial charge in [0.2, 0.25) is 6.79 Å². The fourth-order valence-electron chi connectivity index (χ4n) is 4.69. The molecule has 5 rings (SSSR count). The van der Waals surface area contributed by atoms with Gasteiger partial charge in [-0.2, -0.15) is 0 Å². The summed E-state index contributed by atoms with van der Waals surface area (Å²) < 4.78 is 34.7. The van der Waals surface area contributed by atoms with E-state index in [4.69, 9.17) is 28.4 Å². The molecule has 3 atom stereocenters. The zero-order valence-electron chi connectivity index (χ0n) is 17.1. The van der Waals surface area contributed by atoms with Crippen LogP contribution in [0.4, 0.5) is 0 Å². The van der Waals surface area contributed by atoms with Gasteiger partial charge in [0.1, 0.15) is 6.10 Å². The molecule has 0 bridgehead atoms. The molecule has 0 aromatic heterocycles. The van der Waals surface area contributed by atoms with Crippen LogP contribution in [0.15, 0.2) is 24.3 Å². The Bertz CT molecular complexity index is 945. The van der Waals surface area contributed by atoms with Crippen LogP contribution in [0.1, 0.15) is 40.7 Å². The van der Waals surface area contributed by atoms with Crippen molar-refractivity contribution in [2.45, 2.75) is 24.9 Å². The van der Waals surface area contributed by atoms with E-state index in [-0.39, 0.29) is 18.9 Å². The van der Waals surface area contributed by atoms with Gasteiger partial charge in [0.05, 0.1) is 25.8 Å². The maximum absolute atomic E-state index is 6.55. The Hall–Kier alpha value is -2.48. The summed E-state index contributed by atoms with van der Waals surface area (Å²) in [5.41, 5.74) is 4.35. The van der Waals surface area contributed by atoms with Crippen molar-refractivity contribution < 1.29 is 28.4 Å². The van der Waals surface area contributed by atoms with Crippen LogP contribution in [0, 0.1) is 0 Å². The number of nitrogens with zero attached hydrogens (tertiary/aromatic N) is 1. The predicted octanol–water partition coefficient (Wildman–Crippen LogP) is 3.38. The largest absolute Gasteiger partial charge is 0.493 e. The van der Waals surface area contributed by atoms with Crippen molar-refractivity contribution in [3.8, 4) is 23.0 Å². The smallest absolute Gasteiger partial charge is 0.231 e. The minimum absolute atomic E-state index is 0.0188. The van der Waals surface area contributed by atoms with E-state index in [0.717, 1.165) is 46.9 Å². The first-order chi connectivity index (χ1) is 14.2. The molecule has 7 nitrogen and oxygen atoms in total. The summed E-state index contributed by atoms with van der Waals surface area (Å²) in [7, 11) is 7.09. The fraction of sp³-hybridized carbons (Fsp3) is 0.455. The number of hydrogen-bond donors (Lipinski definition) is 0. The lowest BCUT2D eigenvalue weighted by atomic mass is 9.87. The Morgan fingerprint density at radius 3 is 2.55 bits per heavy atom. The van der Waals surface area contributed by atoms with E-state index in [1.54, 1.807) is 21.3 Å². The Labute approximate surface area is 170 Å². The van der Waals surface area contributed by atoms with Gasteiger partial charge in [-0.25, -0.2) is 0 Å². The van der Waals surface area contributed by atoms with Crippen LogP contribution in [-0.4, -0.2) is 46.6 Å². The molecule has 29 heavy (non-hydrogen) atoms. The fourth-order valence-corrected chi connectivity index (χ4v) is 4.69. The van der Waals surface area contributed by atoms with Crippen LogP contribution in [-0.2, 0) is 15.9 Å². The lowest BCUT2D eigenvalue weighted by Gasteiger charge is -2.41. The Morgan fingerprint density at radius 2 is 1.79 bits per heavy atom. The van der Waals surface area contributed by atoms with E-state index in [0.29, 0.717) is 5.75 Å². The standard InChI is InChI=1S/C22H25NO6/c1-23-8-7-12-9-16(24-2)17(25-3)10-14(12)20-19(23)13-5-6-15-21(28-11-27-15)18(13)22(26-4)29-20/h5-6,9-10,19-20,22H,7-8,11H2,1-4H3/t19-,20-,22-/m0/s1. The third-order valence-electron chi connectivity index (χ3n) is 6.10. The molecule has 3 aliphatic rings. The van der Waals surface area contributed by atoms with Gasteiger partial charge in [-0.3, -0.25) is 4.90 Å². The van der Waals surface area contributed by atoms with Crippen molar-refractivity contribution in [3.63, 3.8) is 0 Å². The van der Waals surface area contributed by atoms with Gasteiger partial charge in [0.25, 0.3) is 0 Å². The summed E-state index contributed by atoms with van der Waals surface area (Å²) >= 11 is 0. The Kier molecular flexibility index (Phi) is 4.53. The highest BCUT2D eigenvalue weighted by atomic mass is 16.7. The van der Waals surface area contributed by atoms with E-state index < -0.39 is 6.29 Å². The monoisotopic (exact) mass is 399 g/mol. The van der Waals surface area contributed by atoms with Gasteiger partial charge in [-0.1, -0.05) is 6.07 Å². The zero-order valence-corrected chi connectivity index (χ0v) is 17.1. The Morgan fingerprint density at radius 1 is 1.00 bits per heavy atom. The van der Waals surface area contributed by atoms with E-state index >= 15 is 0 Å². The first-order valence-electron chi connectivity index (χ1n) is 9.72. The van der Waals surface area contributed by atoms with Crippen molar-refractivity contribution >= 4 is 0 Å². The molecule has 2 aromatic rings. The van der Waals surface area contributed by atoms with Gasteiger partial charge in [0.15, 0.2) is 29.3 Å². The van der Waals surface area contributed by atoms with Crippen LogP contribution in [0.3, 0.4) is 0 Å². The molecule has 0 fully saturated rings. The van der Waals surface area contributed by atoms with Gasteiger partial charge in [-0.05, 0) is 48.4 Å². The third kappa shape index (κ3) is 2.76. The molecule has 2 aromatic carbocycles. The number of likely N-dealkylation sites (N-methyl/N-ethyl adjacent to an activating group) is 1. The molecule has 0 radical (unpaired) electrons. The molecule has 0 amide bonds. The summed E-state index contributed by atoms with van der Waals surface area (Å²) in [6.45, 7) is 1.10. The van der Waals surface area contributed by atoms with Crippen molar-refractivity contribution in [1.29, 1.82) is 0 Å². The van der Waals surface area contributed by atoms with Crippen molar-refractivity contribution in [3.05, 3.63) is 46.5 Å². The highest BCUT2D eigenvalue weighted by Gasteiger charge is 2.44. The SMILES string of the molecule is COc1cc2c(cc1OC)[C@@H]1O[C@H](OC)c3c(ccc4c3OCO4)[C@@H]1N(C)CC2. The van der Waals surface area contributed by atoms with Crippen LogP contribution in [0.2, 0.25) is 0 Å². The maximum Gasteiger partial charge on any atom is 0.231 e. The molecular weight excluding hydrogens is 374 g/mol. The summed E-state index contributed by atoms with van der Waals surface area (Å²) in [6, 6.07) is 8.20. The second kappa shape index (κ2) is 7.09. The van der Waals surface area contributed by atoms with E-state index in [9.17, 15) is 0 Å². The highest BCUT2D eigenvalue weighted by Crippen LogP contribution is 2.55.